The van der Waals surface area contributed by atoms with E-state index in [1.807, 2.05) is 23.5 Å². The van der Waals surface area contributed by atoms with Crippen LogP contribution in [0.25, 0.3) is 0 Å². The molecule has 1 aliphatic heterocycles. The summed E-state index contributed by atoms with van der Waals surface area (Å²) >= 11 is 4.06. The normalized spacial score (nSPS) is 19.5. The molecule has 0 spiro atoms. The van der Waals surface area contributed by atoms with E-state index in [-0.39, 0.29) is 0 Å². The zero-order valence-corrected chi connectivity index (χ0v) is 12.2. The molecule has 1 atom stereocenters. The first-order valence-corrected chi connectivity index (χ1v) is 8.48. The Morgan fingerprint density at radius 2 is 2.44 bits per heavy atom. The monoisotopic (exact) mass is 285 g/mol. The molecule has 0 aliphatic carbocycles. The van der Waals surface area contributed by atoms with Gasteiger partial charge in [-0.15, -0.1) is 0 Å². The topological polar surface area (TPSA) is 47.0 Å². The highest BCUT2D eigenvalue weighted by Gasteiger charge is 2.14. The molecule has 18 heavy (non-hydrogen) atoms. The van der Waals surface area contributed by atoms with E-state index in [1.165, 1.54) is 17.3 Å². The SMILES string of the molecule is CCCOc1ccnc(NCC2CSCCS2)n1. The van der Waals surface area contributed by atoms with E-state index in [4.69, 9.17) is 4.74 Å². The molecule has 1 aromatic heterocycles. The minimum absolute atomic E-state index is 0.653. The molecule has 0 bridgehead atoms. The molecule has 4 nitrogen and oxygen atoms in total. The molecule has 1 unspecified atom stereocenters. The fourth-order valence-electron chi connectivity index (χ4n) is 1.57. The van der Waals surface area contributed by atoms with E-state index in [9.17, 15) is 0 Å². The Balaban J connectivity index is 1.80. The molecule has 1 fully saturated rings. The number of aromatic nitrogens is 2. The summed E-state index contributed by atoms with van der Waals surface area (Å²) in [6.07, 6.45) is 2.73. The van der Waals surface area contributed by atoms with Crippen LogP contribution < -0.4 is 10.1 Å². The summed E-state index contributed by atoms with van der Waals surface area (Å²) in [6.45, 7) is 3.71. The van der Waals surface area contributed by atoms with Crippen molar-refractivity contribution in [2.24, 2.45) is 0 Å². The van der Waals surface area contributed by atoms with Crippen LogP contribution in [0.2, 0.25) is 0 Å². The maximum atomic E-state index is 5.49. The van der Waals surface area contributed by atoms with Crippen molar-refractivity contribution in [3.63, 3.8) is 0 Å². The number of hydrogen-bond donors (Lipinski definition) is 1. The third-order valence-corrected chi connectivity index (χ3v) is 5.30. The zero-order chi connectivity index (χ0) is 12.6. The van der Waals surface area contributed by atoms with Crippen molar-refractivity contribution in [3.8, 4) is 5.88 Å². The lowest BCUT2D eigenvalue weighted by atomic mass is 10.4. The van der Waals surface area contributed by atoms with Crippen LogP contribution in [0, 0.1) is 0 Å². The van der Waals surface area contributed by atoms with Gasteiger partial charge in [0.2, 0.25) is 11.8 Å². The molecule has 0 saturated carbocycles. The Hall–Kier alpha value is -0.620. The quantitative estimate of drug-likeness (QED) is 0.866. The number of rotatable bonds is 6. The van der Waals surface area contributed by atoms with Crippen molar-refractivity contribution in [2.75, 3.05) is 35.7 Å². The number of nitrogens with zero attached hydrogens (tertiary/aromatic N) is 2. The third kappa shape index (κ3) is 4.57. The maximum absolute atomic E-state index is 5.49. The molecule has 1 aliphatic rings. The van der Waals surface area contributed by atoms with Crippen molar-refractivity contribution < 1.29 is 4.74 Å². The van der Waals surface area contributed by atoms with Gasteiger partial charge in [-0.3, -0.25) is 0 Å². The van der Waals surface area contributed by atoms with Gasteiger partial charge in [0, 0.05) is 41.3 Å². The smallest absolute Gasteiger partial charge is 0.225 e. The lowest BCUT2D eigenvalue weighted by Crippen LogP contribution is -2.23. The van der Waals surface area contributed by atoms with Crippen molar-refractivity contribution >= 4 is 29.5 Å². The van der Waals surface area contributed by atoms with Crippen LogP contribution >= 0.6 is 23.5 Å². The van der Waals surface area contributed by atoms with Crippen LogP contribution in [0.15, 0.2) is 12.3 Å². The Bertz CT molecular complexity index is 359. The molecule has 1 saturated heterocycles. The Morgan fingerprint density at radius 1 is 1.50 bits per heavy atom. The highest BCUT2D eigenvalue weighted by molar-refractivity contribution is 8.06. The first-order valence-electron chi connectivity index (χ1n) is 6.27. The average Bonchev–Trinajstić information content (AvgIpc) is 2.44. The van der Waals surface area contributed by atoms with Gasteiger partial charge < -0.3 is 10.1 Å². The maximum Gasteiger partial charge on any atom is 0.225 e. The van der Waals surface area contributed by atoms with Crippen LogP contribution in [-0.2, 0) is 0 Å². The van der Waals surface area contributed by atoms with Crippen molar-refractivity contribution in [3.05, 3.63) is 12.3 Å². The number of hydrogen-bond acceptors (Lipinski definition) is 6. The van der Waals surface area contributed by atoms with E-state index >= 15 is 0 Å². The minimum Gasteiger partial charge on any atom is -0.478 e. The standard InChI is InChI=1S/C12H19N3OS2/c1-2-5-16-11-3-4-13-12(15-11)14-8-10-9-17-6-7-18-10/h3-4,10H,2,5-9H2,1H3,(H,13,14,15). The second kappa shape index (κ2) is 7.74. The molecule has 1 aromatic rings. The van der Waals surface area contributed by atoms with E-state index in [0.717, 1.165) is 13.0 Å². The predicted molar refractivity (Wildman–Crippen MR) is 79.9 cm³/mol. The summed E-state index contributed by atoms with van der Waals surface area (Å²) in [5.74, 6) is 5.05. The Labute approximate surface area is 117 Å². The van der Waals surface area contributed by atoms with Crippen molar-refractivity contribution in [2.45, 2.75) is 18.6 Å². The summed E-state index contributed by atoms with van der Waals surface area (Å²) in [5, 5.41) is 3.95. The molecule has 1 N–H and O–H groups in total. The zero-order valence-electron chi connectivity index (χ0n) is 10.6. The van der Waals surface area contributed by atoms with Crippen LogP contribution in [0.4, 0.5) is 5.95 Å². The highest BCUT2D eigenvalue weighted by Crippen LogP contribution is 2.24. The molecule has 2 rings (SSSR count). The van der Waals surface area contributed by atoms with Crippen LogP contribution in [0.1, 0.15) is 13.3 Å². The average molecular weight is 285 g/mol. The summed E-state index contributed by atoms with van der Waals surface area (Å²) in [5.41, 5.74) is 0. The van der Waals surface area contributed by atoms with Gasteiger partial charge in [0.1, 0.15) is 0 Å². The largest absolute Gasteiger partial charge is 0.478 e. The molecule has 6 heteroatoms. The fraction of sp³-hybridized carbons (Fsp3) is 0.667. The first kappa shape index (κ1) is 13.8. The number of thioether (sulfide) groups is 2. The predicted octanol–water partition coefficient (Wildman–Crippen LogP) is 2.53. The highest BCUT2D eigenvalue weighted by atomic mass is 32.2. The third-order valence-electron chi connectivity index (χ3n) is 2.46. The second-order valence-electron chi connectivity index (χ2n) is 4.02. The van der Waals surface area contributed by atoms with Gasteiger partial charge in [0.15, 0.2) is 0 Å². The molecular formula is C12H19N3OS2. The van der Waals surface area contributed by atoms with Crippen LogP contribution in [-0.4, -0.2) is 45.6 Å². The Kier molecular flexibility index (Phi) is 5.93. The van der Waals surface area contributed by atoms with E-state index in [0.29, 0.717) is 23.7 Å². The van der Waals surface area contributed by atoms with Crippen molar-refractivity contribution in [1.29, 1.82) is 0 Å². The molecular weight excluding hydrogens is 266 g/mol. The van der Waals surface area contributed by atoms with Gasteiger partial charge in [-0.1, -0.05) is 6.92 Å². The van der Waals surface area contributed by atoms with Gasteiger partial charge in [0.25, 0.3) is 0 Å². The molecule has 0 aromatic carbocycles. The van der Waals surface area contributed by atoms with E-state index in [1.54, 1.807) is 12.3 Å². The van der Waals surface area contributed by atoms with Gasteiger partial charge >= 0.3 is 0 Å². The summed E-state index contributed by atoms with van der Waals surface area (Å²) in [7, 11) is 0. The van der Waals surface area contributed by atoms with Crippen LogP contribution in [0.3, 0.4) is 0 Å². The van der Waals surface area contributed by atoms with Crippen LogP contribution in [0.5, 0.6) is 5.88 Å². The van der Waals surface area contributed by atoms with Crippen molar-refractivity contribution in [1.82, 2.24) is 9.97 Å². The van der Waals surface area contributed by atoms with E-state index < -0.39 is 0 Å². The number of ether oxygens (including phenoxy) is 1. The number of nitrogens with one attached hydrogen (secondary N) is 1. The lowest BCUT2D eigenvalue weighted by molar-refractivity contribution is 0.305. The molecule has 0 amide bonds. The summed E-state index contributed by atoms with van der Waals surface area (Å²) in [4.78, 5) is 8.55. The molecule has 0 radical (unpaired) electrons. The van der Waals surface area contributed by atoms with E-state index in [2.05, 4.69) is 22.2 Å². The Morgan fingerprint density at radius 3 is 3.22 bits per heavy atom. The molecule has 2 heterocycles. The molecule has 100 valence electrons. The van der Waals surface area contributed by atoms with Gasteiger partial charge in [-0.2, -0.15) is 28.5 Å². The van der Waals surface area contributed by atoms with Gasteiger partial charge in [-0.05, 0) is 6.42 Å². The lowest BCUT2D eigenvalue weighted by Gasteiger charge is -2.21. The summed E-state index contributed by atoms with van der Waals surface area (Å²) < 4.78 is 5.49. The second-order valence-corrected chi connectivity index (χ2v) is 6.57. The first-order chi connectivity index (χ1) is 8.88. The van der Waals surface area contributed by atoms with Gasteiger partial charge in [-0.25, -0.2) is 4.98 Å². The summed E-state index contributed by atoms with van der Waals surface area (Å²) in [6, 6.07) is 1.80. The minimum atomic E-state index is 0.653. The number of anilines is 1. The van der Waals surface area contributed by atoms with Gasteiger partial charge in [0.05, 0.1) is 6.61 Å². The fourth-order valence-corrected chi connectivity index (χ4v) is 4.19.